The van der Waals surface area contributed by atoms with Gasteiger partial charge in [0.15, 0.2) is 0 Å². The van der Waals surface area contributed by atoms with Crippen LogP contribution in [-0.4, -0.2) is 4.57 Å². The smallest absolute Gasteiger partial charge is 0.0562 e. The summed E-state index contributed by atoms with van der Waals surface area (Å²) < 4.78 is 2.39. The van der Waals surface area contributed by atoms with Gasteiger partial charge in [-0.2, -0.15) is 0 Å². The predicted molar refractivity (Wildman–Crippen MR) is 188 cm³/mol. The number of rotatable bonds is 4. The quantitative estimate of drug-likeness (QED) is 0.194. The van der Waals surface area contributed by atoms with Gasteiger partial charge in [-0.1, -0.05) is 121 Å². The third kappa shape index (κ3) is 3.68. The van der Waals surface area contributed by atoms with E-state index in [0.29, 0.717) is 0 Å². The average Bonchev–Trinajstić information content (AvgIpc) is 3.44. The first-order valence-electron chi connectivity index (χ1n) is 15.1. The molecule has 0 atom stereocenters. The van der Waals surface area contributed by atoms with E-state index >= 15 is 0 Å². The van der Waals surface area contributed by atoms with Gasteiger partial charge in [-0.15, -0.1) is 0 Å². The van der Waals surface area contributed by atoms with E-state index in [1.807, 2.05) is 0 Å². The Morgan fingerprint density at radius 2 is 0.909 bits per heavy atom. The second-order valence-corrected chi connectivity index (χ2v) is 11.3. The summed E-state index contributed by atoms with van der Waals surface area (Å²) in [5.41, 5.74) is 6.99. The molecule has 0 bridgehead atoms. The Balaban J connectivity index is 1.38. The largest absolute Gasteiger partial charge is 0.309 e. The lowest BCUT2D eigenvalue weighted by molar-refractivity contribution is 1.18. The molecule has 9 rings (SSSR count). The van der Waals surface area contributed by atoms with Crippen LogP contribution in [0.15, 0.2) is 170 Å². The van der Waals surface area contributed by atoms with Gasteiger partial charge in [-0.25, -0.2) is 0 Å². The third-order valence-corrected chi connectivity index (χ3v) is 8.95. The Bertz CT molecular complexity index is 2490. The molecule has 0 N–H and O–H groups in total. The molecule has 0 radical (unpaired) electrons. The molecular formula is C42H28N2. The van der Waals surface area contributed by atoms with Gasteiger partial charge < -0.3 is 9.47 Å². The highest BCUT2D eigenvalue weighted by Gasteiger charge is 2.22. The molecule has 0 unspecified atom stereocenters. The van der Waals surface area contributed by atoms with Crippen LogP contribution < -0.4 is 4.90 Å². The molecule has 0 spiro atoms. The van der Waals surface area contributed by atoms with Crippen molar-refractivity contribution in [3.8, 4) is 5.69 Å². The molecule has 1 aromatic heterocycles. The van der Waals surface area contributed by atoms with Crippen molar-refractivity contribution in [2.75, 3.05) is 4.90 Å². The number of hydrogen-bond acceptors (Lipinski definition) is 1. The van der Waals surface area contributed by atoms with Crippen LogP contribution in [0.2, 0.25) is 0 Å². The lowest BCUT2D eigenvalue weighted by Crippen LogP contribution is -2.11. The Labute approximate surface area is 255 Å². The van der Waals surface area contributed by atoms with Gasteiger partial charge >= 0.3 is 0 Å². The summed E-state index contributed by atoms with van der Waals surface area (Å²) in [5.74, 6) is 0. The number of benzene rings is 8. The summed E-state index contributed by atoms with van der Waals surface area (Å²) in [6, 6.07) is 61.4. The van der Waals surface area contributed by atoms with Gasteiger partial charge in [0, 0.05) is 27.5 Å². The van der Waals surface area contributed by atoms with Crippen molar-refractivity contribution in [1.82, 2.24) is 4.57 Å². The molecule has 8 aromatic carbocycles. The minimum absolute atomic E-state index is 1.13. The maximum absolute atomic E-state index is 2.44. The van der Waals surface area contributed by atoms with Gasteiger partial charge in [0.2, 0.25) is 0 Å². The highest BCUT2D eigenvalue weighted by Crippen LogP contribution is 2.46. The lowest BCUT2D eigenvalue weighted by atomic mass is 9.96. The Hall–Kier alpha value is -5.86. The molecule has 0 saturated heterocycles. The fourth-order valence-electron chi connectivity index (χ4n) is 7.06. The first kappa shape index (κ1) is 24.7. The van der Waals surface area contributed by atoms with Crippen LogP contribution in [0, 0.1) is 0 Å². The van der Waals surface area contributed by atoms with Crippen LogP contribution in [-0.2, 0) is 0 Å². The second-order valence-electron chi connectivity index (χ2n) is 11.3. The van der Waals surface area contributed by atoms with E-state index in [1.54, 1.807) is 0 Å². The molecule has 0 aliphatic heterocycles. The van der Waals surface area contributed by atoms with E-state index < -0.39 is 0 Å². The monoisotopic (exact) mass is 560 g/mol. The van der Waals surface area contributed by atoms with Crippen molar-refractivity contribution in [2.45, 2.75) is 0 Å². The maximum atomic E-state index is 2.44. The van der Waals surface area contributed by atoms with E-state index in [-0.39, 0.29) is 0 Å². The highest BCUT2D eigenvalue weighted by atomic mass is 15.1. The highest BCUT2D eigenvalue weighted by molar-refractivity contribution is 6.21. The number of aromatic nitrogens is 1. The number of nitrogens with zero attached hydrogens (tertiary/aromatic N) is 2. The van der Waals surface area contributed by atoms with Crippen LogP contribution in [0.4, 0.5) is 17.1 Å². The molecule has 1 heterocycles. The fraction of sp³-hybridized carbons (Fsp3) is 0. The van der Waals surface area contributed by atoms with Gasteiger partial charge in [-0.3, -0.25) is 0 Å². The van der Waals surface area contributed by atoms with Gasteiger partial charge in [0.05, 0.1) is 22.4 Å². The second kappa shape index (κ2) is 9.86. The van der Waals surface area contributed by atoms with E-state index in [2.05, 4.69) is 179 Å². The van der Waals surface area contributed by atoms with Crippen LogP contribution >= 0.6 is 0 Å². The molecular weight excluding hydrogens is 532 g/mol. The topological polar surface area (TPSA) is 8.17 Å². The molecule has 2 nitrogen and oxygen atoms in total. The van der Waals surface area contributed by atoms with Crippen molar-refractivity contribution in [2.24, 2.45) is 0 Å². The zero-order valence-corrected chi connectivity index (χ0v) is 24.1. The fourth-order valence-corrected chi connectivity index (χ4v) is 7.06. The van der Waals surface area contributed by atoms with E-state index in [4.69, 9.17) is 0 Å². The maximum Gasteiger partial charge on any atom is 0.0562 e. The summed E-state index contributed by atoms with van der Waals surface area (Å²) in [6.45, 7) is 0. The van der Waals surface area contributed by atoms with Crippen LogP contribution in [0.3, 0.4) is 0 Å². The molecule has 0 fully saturated rings. The number of hydrogen-bond donors (Lipinski definition) is 0. The predicted octanol–water partition coefficient (Wildman–Crippen LogP) is 11.7. The SMILES string of the molecule is c1ccc(N(c2cccc3c2ccc2c4ccccc4ccc32)c2cccc3c2c2ccccc2n3-c2ccccc2)cc1. The van der Waals surface area contributed by atoms with Crippen LogP contribution in [0.1, 0.15) is 0 Å². The summed E-state index contributed by atoms with van der Waals surface area (Å²) in [6.07, 6.45) is 0. The molecule has 44 heavy (non-hydrogen) atoms. The number of para-hydroxylation sites is 3. The average molecular weight is 561 g/mol. The number of anilines is 3. The molecule has 0 aliphatic rings. The van der Waals surface area contributed by atoms with Crippen molar-refractivity contribution in [3.63, 3.8) is 0 Å². The number of fused-ring (bicyclic) bond motifs is 8. The molecule has 0 aliphatic carbocycles. The summed E-state index contributed by atoms with van der Waals surface area (Å²) in [4.78, 5) is 2.44. The van der Waals surface area contributed by atoms with Crippen LogP contribution in [0.5, 0.6) is 0 Å². The molecule has 206 valence electrons. The standard InChI is InChI=1S/C42H28N2/c1-3-14-30(15-4-1)43(38-22-11-20-33-35-26-25-29-13-7-8-18-32(29)34(35)27-28-36(33)38)40-23-12-24-41-42(40)37-19-9-10-21-39(37)44(41)31-16-5-2-6-17-31/h1-28H. The van der Waals surface area contributed by atoms with Gasteiger partial charge in [0.25, 0.3) is 0 Å². The van der Waals surface area contributed by atoms with E-state index in [1.165, 1.54) is 54.1 Å². The summed E-state index contributed by atoms with van der Waals surface area (Å²) >= 11 is 0. The van der Waals surface area contributed by atoms with Crippen molar-refractivity contribution in [3.05, 3.63) is 170 Å². The third-order valence-electron chi connectivity index (χ3n) is 8.95. The van der Waals surface area contributed by atoms with Crippen molar-refractivity contribution >= 4 is 71.2 Å². The van der Waals surface area contributed by atoms with Crippen molar-refractivity contribution < 1.29 is 0 Å². The Morgan fingerprint density at radius 1 is 0.341 bits per heavy atom. The first-order chi connectivity index (χ1) is 21.9. The first-order valence-corrected chi connectivity index (χ1v) is 15.1. The summed E-state index contributed by atoms with van der Waals surface area (Å²) in [5, 5.41) is 10.1. The summed E-state index contributed by atoms with van der Waals surface area (Å²) in [7, 11) is 0. The molecule has 9 aromatic rings. The van der Waals surface area contributed by atoms with Crippen LogP contribution in [0.25, 0.3) is 59.8 Å². The van der Waals surface area contributed by atoms with E-state index in [0.717, 1.165) is 22.7 Å². The van der Waals surface area contributed by atoms with Gasteiger partial charge in [-0.05, 0) is 75.5 Å². The minimum Gasteiger partial charge on any atom is -0.309 e. The van der Waals surface area contributed by atoms with Gasteiger partial charge in [0.1, 0.15) is 0 Å². The van der Waals surface area contributed by atoms with E-state index in [9.17, 15) is 0 Å². The lowest BCUT2D eigenvalue weighted by Gasteiger charge is -2.28. The molecule has 0 saturated carbocycles. The Kier molecular flexibility index (Phi) is 5.54. The van der Waals surface area contributed by atoms with Crippen molar-refractivity contribution in [1.29, 1.82) is 0 Å². The Morgan fingerprint density at radius 3 is 1.77 bits per heavy atom. The zero-order valence-electron chi connectivity index (χ0n) is 24.1. The molecule has 2 heteroatoms. The minimum atomic E-state index is 1.13. The zero-order chi connectivity index (χ0) is 29.0. The molecule has 0 amide bonds. The normalized spacial score (nSPS) is 11.6.